The highest BCUT2D eigenvalue weighted by Crippen LogP contribution is 2.56. The number of carboxylic acid groups (broad SMARTS) is 1. The Hall–Kier alpha value is -3.78. The molecule has 1 saturated carbocycles. The van der Waals surface area contributed by atoms with Crippen LogP contribution in [0.1, 0.15) is 106 Å². The molecule has 0 bridgehead atoms. The minimum absolute atomic E-state index is 0.172. The third kappa shape index (κ3) is 7.69. The maximum Gasteiger partial charge on any atom is 0.329 e. The van der Waals surface area contributed by atoms with Gasteiger partial charge in [-0.25, -0.2) is 4.79 Å². The first-order chi connectivity index (χ1) is 23.6. The molecule has 0 aliphatic heterocycles. The van der Waals surface area contributed by atoms with E-state index in [0.717, 1.165) is 62.1 Å². The number of aromatic nitrogens is 1. The molecule has 3 aliphatic rings. The van der Waals surface area contributed by atoms with E-state index in [2.05, 4.69) is 36.3 Å². The molecule has 3 aliphatic carbocycles. The average Bonchev–Trinajstić information content (AvgIpc) is 3.36. The van der Waals surface area contributed by atoms with Crippen molar-refractivity contribution in [2.24, 2.45) is 17.6 Å². The maximum absolute atomic E-state index is 12.9. The number of pyridine rings is 1. The van der Waals surface area contributed by atoms with Crippen LogP contribution in [-0.2, 0) is 27.8 Å². The molecule has 0 saturated heterocycles. The molecule has 1 fully saturated rings. The van der Waals surface area contributed by atoms with E-state index in [1.54, 1.807) is 12.1 Å². The number of fused-ring (bicyclic) bond motifs is 3. The Labute approximate surface area is 295 Å². The second kappa shape index (κ2) is 15.0. The summed E-state index contributed by atoms with van der Waals surface area (Å²) in [5.41, 5.74) is 9.84. The molecule has 1 amide bonds. The van der Waals surface area contributed by atoms with Crippen LogP contribution in [0.5, 0.6) is 11.5 Å². The molecular formula is C40H50ClN3O5. The fourth-order valence-electron chi connectivity index (χ4n) is 8.76. The first-order valence-corrected chi connectivity index (χ1v) is 18.4. The van der Waals surface area contributed by atoms with E-state index >= 15 is 0 Å². The molecular weight excluding hydrogens is 638 g/mol. The van der Waals surface area contributed by atoms with Crippen molar-refractivity contribution in [1.82, 2.24) is 4.98 Å². The predicted octanol–water partition coefficient (Wildman–Crippen LogP) is 8.23. The number of aliphatic carboxylic acids is 1. The number of nitrogens with two attached hydrogens (primary N) is 1. The molecule has 8 nitrogen and oxygen atoms in total. The maximum atomic E-state index is 12.9. The van der Waals surface area contributed by atoms with Crippen molar-refractivity contribution in [2.45, 2.75) is 108 Å². The van der Waals surface area contributed by atoms with Gasteiger partial charge < -0.3 is 25.6 Å². The smallest absolute Gasteiger partial charge is 0.329 e. The summed E-state index contributed by atoms with van der Waals surface area (Å²) in [5.74, 6) is 1.76. The van der Waals surface area contributed by atoms with Crippen LogP contribution in [0.4, 0.5) is 5.69 Å². The van der Waals surface area contributed by atoms with Crippen LogP contribution >= 0.6 is 11.6 Å². The Morgan fingerprint density at radius 2 is 1.92 bits per heavy atom. The van der Waals surface area contributed by atoms with Gasteiger partial charge in [-0.1, -0.05) is 37.6 Å². The fourth-order valence-corrected chi connectivity index (χ4v) is 8.95. The van der Waals surface area contributed by atoms with Gasteiger partial charge in [-0.2, -0.15) is 0 Å². The zero-order valence-electron chi connectivity index (χ0n) is 28.8. The SMILES string of the molecule is C[C@@H](COc1ccnc2c1[C@H](C)CCC2)C[C@H]1Cc2ccc(OCCCCC(N)=O)cc2C12CCC(Nc1cccc(Cl)c1)(C(=O)O)CC2. The molecule has 262 valence electrons. The number of carboxylic acids is 1. The number of anilines is 1. The number of nitrogens with zero attached hydrogens (tertiary/aromatic N) is 1. The number of primary amides is 1. The van der Waals surface area contributed by atoms with Gasteiger partial charge >= 0.3 is 5.97 Å². The number of carbonyl (C=O) groups excluding carboxylic acids is 1. The fraction of sp³-hybridized carbons (Fsp3) is 0.525. The van der Waals surface area contributed by atoms with Gasteiger partial charge in [0, 0.05) is 34.6 Å². The van der Waals surface area contributed by atoms with Gasteiger partial charge in [0.15, 0.2) is 0 Å². The largest absolute Gasteiger partial charge is 0.494 e. The van der Waals surface area contributed by atoms with Crippen LogP contribution in [-0.4, -0.2) is 40.7 Å². The lowest BCUT2D eigenvalue weighted by Gasteiger charge is -2.47. The second-order valence-corrected chi connectivity index (χ2v) is 15.2. The van der Waals surface area contributed by atoms with Crippen molar-refractivity contribution in [1.29, 1.82) is 0 Å². The number of ether oxygens (including phenoxy) is 2. The topological polar surface area (TPSA) is 124 Å². The van der Waals surface area contributed by atoms with Crippen molar-refractivity contribution in [3.8, 4) is 11.5 Å². The van der Waals surface area contributed by atoms with E-state index in [9.17, 15) is 14.7 Å². The summed E-state index contributed by atoms with van der Waals surface area (Å²) in [4.78, 5) is 28.7. The molecule has 6 rings (SSSR count). The minimum atomic E-state index is -1.08. The average molecular weight is 688 g/mol. The molecule has 4 N–H and O–H groups in total. The van der Waals surface area contributed by atoms with Gasteiger partial charge in [-0.05, 0) is 141 Å². The number of hydrogen-bond acceptors (Lipinski definition) is 6. The Morgan fingerprint density at radius 1 is 1.10 bits per heavy atom. The number of hydrogen-bond donors (Lipinski definition) is 3. The van der Waals surface area contributed by atoms with E-state index < -0.39 is 11.5 Å². The van der Waals surface area contributed by atoms with Crippen LogP contribution in [0.3, 0.4) is 0 Å². The number of unbranched alkanes of at least 4 members (excludes halogenated alkanes) is 1. The molecule has 3 aromatic rings. The lowest BCUT2D eigenvalue weighted by atomic mass is 9.59. The van der Waals surface area contributed by atoms with Crippen molar-refractivity contribution in [2.75, 3.05) is 18.5 Å². The van der Waals surface area contributed by atoms with E-state index in [-0.39, 0.29) is 11.3 Å². The lowest BCUT2D eigenvalue weighted by Crippen LogP contribution is -2.53. The first-order valence-electron chi connectivity index (χ1n) is 18.0. The number of carbonyl (C=O) groups is 2. The summed E-state index contributed by atoms with van der Waals surface area (Å²) >= 11 is 6.27. The third-order valence-corrected chi connectivity index (χ3v) is 11.6. The zero-order valence-corrected chi connectivity index (χ0v) is 29.6. The second-order valence-electron chi connectivity index (χ2n) is 14.8. The predicted molar refractivity (Wildman–Crippen MR) is 193 cm³/mol. The van der Waals surface area contributed by atoms with E-state index in [0.29, 0.717) is 61.7 Å². The van der Waals surface area contributed by atoms with Crippen LogP contribution in [0.2, 0.25) is 5.02 Å². The number of benzene rings is 2. The Kier molecular flexibility index (Phi) is 10.7. The number of nitrogens with one attached hydrogen (secondary N) is 1. The van der Waals surface area contributed by atoms with Crippen molar-refractivity contribution in [3.05, 3.63) is 82.1 Å². The summed E-state index contributed by atoms with van der Waals surface area (Å²) < 4.78 is 12.7. The molecule has 0 radical (unpaired) electrons. The van der Waals surface area contributed by atoms with E-state index in [4.69, 9.17) is 26.8 Å². The first kappa shape index (κ1) is 35.1. The summed E-state index contributed by atoms with van der Waals surface area (Å²) in [6.07, 6.45) is 11.4. The standard InChI is InChI=1S/C40H50ClN3O5/c1-26(25-49-35-14-19-43-34-10-5-7-27(2)37(34)35)21-29-22-28-12-13-32(48-20-4-3-11-36(42)45)24-33(28)39(29)15-17-40(18-16-39,38(46)47)44-31-9-6-8-30(41)23-31/h6,8-9,12-14,19,23-24,26-27,29,44H,3-5,7,10-11,15-18,20-22,25H2,1-2H3,(H2,42,45)(H,46,47)/t26-,27-,29+,39?,40?/m1/s1. The van der Waals surface area contributed by atoms with Crippen molar-refractivity contribution in [3.63, 3.8) is 0 Å². The third-order valence-electron chi connectivity index (χ3n) is 11.4. The van der Waals surface area contributed by atoms with Gasteiger partial charge in [-0.3, -0.25) is 9.78 Å². The summed E-state index contributed by atoms with van der Waals surface area (Å²) in [5, 5.41) is 14.5. The zero-order chi connectivity index (χ0) is 34.6. The van der Waals surface area contributed by atoms with Gasteiger partial charge in [0.05, 0.1) is 13.2 Å². The Morgan fingerprint density at radius 3 is 2.67 bits per heavy atom. The summed E-state index contributed by atoms with van der Waals surface area (Å²) in [6.45, 7) is 5.69. The van der Waals surface area contributed by atoms with Crippen LogP contribution in [0, 0.1) is 11.8 Å². The monoisotopic (exact) mass is 687 g/mol. The molecule has 49 heavy (non-hydrogen) atoms. The van der Waals surface area contributed by atoms with Gasteiger partial charge in [0.2, 0.25) is 5.91 Å². The Balaban J connectivity index is 1.21. The highest BCUT2D eigenvalue weighted by atomic mass is 35.5. The molecule has 2 aromatic carbocycles. The van der Waals surface area contributed by atoms with Gasteiger partial charge in [-0.15, -0.1) is 0 Å². The molecule has 1 aromatic heterocycles. The van der Waals surface area contributed by atoms with Crippen LogP contribution in [0.25, 0.3) is 0 Å². The Bertz CT molecular complexity index is 1650. The van der Waals surface area contributed by atoms with E-state index in [1.807, 2.05) is 30.5 Å². The van der Waals surface area contributed by atoms with Gasteiger partial charge in [0.1, 0.15) is 17.0 Å². The lowest BCUT2D eigenvalue weighted by molar-refractivity contribution is -0.144. The number of halogens is 1. The van der Waals surface area contributed by atoms with Gasteiger partial charge in [0.25, 0.3) is 0 Å². The highest BCUT2D eigenvalue weighted by molar-refractivity contribution is 6.30. The normalized spacial score (nSPS) is 24.9. The van der Waals surface area contributed by atoms with Crippen LogP contribution < -0.4 is 20.5 Å². The minimum Gasteiger partial charge on any atom is -0.494 e. The highest BCUT2D eigenvalue weighted by Gasteiger charge is 2.54. The number of aryl methyl sites for hydroxylation is 1. The quantitative estimate of drug-likeness (QED) is 0.146. The van der Waals surface area contributed by atoms with Crippen molar-refractivity contribution >= 4 is 29.2 Å². The summed E-state index contributed by atoms with van der Waals surface area (Å²) in [7, 11) is 0. The molecule has 1 spiro atoms. The van der Waals surface area contributed by atoms with Crippen LogP contribution in [0.15, 0.2) is 54.7 Å². The molecule has 1 heterocycles. The molecule has 0 unspecified atom stereocenters. The van der Waals surface area contributed by atoms with Crippen molar-refractivity contribution < 1.29 is 24.2 Å². The number of amides is 1. The molecule has 3 atom stereocenters. The van der Waals surface area contributed by atoms with E-state index in [1.165, 1.54) is 28.8 Å². The summed E-state index contributed by atoms with van der Waals surface area (Å²) in [6, 6.07) is 15.8. The number of rotatable bonds is 14. The molecule has 9 heteroatoms.